The van der Waals surface area contributed by atoms with E-state index in [0.29, 0.717) is 6.42 Å². The standard InChI is InChI=1S/C45H59N9O11/c1-26(55)49-36(43(62)64-2)20-10-7-17-32-38(56)50-33(21-11-23-48-44(46)47)39(57)52-35(42(60)61)19-9-8-18-34(41(59)54-24-12-22-37(54)40(58)51-32)53-45(63)65-25-31-29-15-5-3-13-27(29)28-14-4-6-16-30(28)31/h3-7,10,13-16,31-37H,8-9,11-12,17-25H2,1-2H3,(H,49,55)(H,50,56)(H,51,58)(H,52,57)(H,53,63)(H,60,61)(H4,46,47,48)/b10-7+/t32-,33-,34-,35-,36-,37?/m0/s1. The number of nitrogens with two attached hydrogens (primary N) is 2. The minimum absolute atomic E-state index is 0.0111. The number of rotatable bonds is 14. The van der Waals surface area contributed by atoms with Gasteiger partial charge in [-0.15, -0.1) is 0 Å². The first-order valence-corrected chi connectivity index (χ1v) is 21.8. The number of alkyl carbamates (subject to hydrolysis) is 1. The van der Waals surface area contributed by atoms with E-state index >= 15 is 0 Å². The average Bonchev–Trinajstić information content (AvgIpc) is 3.90. The number of nitrogens with zero attached hydrogens (tertiary/aromatic N) is 2. The zero-order valence-corrected chi connectivity index (χ0v) is 36.6. The molecule has 0 bridgehead atoms. The van der Waals surface area contributed by atoms with E-state index in [1.165, 1.54) is 31.1 Å². The lowest BCUT2D eigenvalue weighted by Gasteiger charge is -2.30. The van der Waals surface area contributed by atoms with E-state index in [9.17, 15) is 43.5 Å². The normalized spacial score (nSPS) is 22.2. The lowest BCUT2D eigenvalue weighted by Crippen LogP contribution is -2.58. The second-order valence-corrected chi connectivity index (χ2v) is 16.2. The van der Waals surface area contributed by atoms with Crippen molar-refractivity contribution in [1.82, 2.24) is 31.5 Å². The molecule has 0 saturated carbocycles. The fourth-order valence-electron chi connectivity index (χ4n) is 8.38. The summed E-state index contributed by atoms with van der Waals surface area (Å²) in [4.78, 5) is 112. The highest BCUT2D eigenvalue weighted by Gasteiger charge is 2.40. The molecule has 2 saturated heterocycles. The molecule has 6 atom stereocenters. The predicted molar refractivity (Wildman–Crippen MR) is 237 cm³/mol. The van der Waals surface area contributed by atoms with Gasteiger partial charge in [-0.1, -0.05) is 73.5 Å². The van der Waals surface area contributed by atoms with Gasteiger partial charge in [0.15, 0.2) is 5.96 Å². The highest BCUT2D eigenvalue weighted by Crippen LogP contribution is 2.44. The summed E-state index contributed by atoms with van der Waals surface area (Å²) in [7, 11) is 1.17. The number of ether oxygens (including phenoxy) is 2. The maximum absolute atomic E-state index is 14.4. The van der Waals surface area contributed by atoms with Gasteiger partial charge in [0.25, 0.3) is 0 Å². The Labute approximate surface area is 376 Å². The molecule has 65 heavy (non-hydrogen) atoms. The van der Waals surface area contributed by atoms with Crippen molar-refractivity contribution in [3.05, 3.63) is 71.8 Å². The number of benzene rings is 2. The number of carbonyl (C=O) groups excluding carboxylic acids is 7. The highest BCUT2D eigenvalue weighted by molar-refractivity contribution is 5.96. The molecule has 0 aromatic heterocycles. The monoisotopic (exact) mass is 901 g/mol. The van der Waals surface area contributed by atoms with E-state index < -0.39 is 83.8 Å². The molecular formula is C45H59N9O11. The number of aliphatic imine (C=N–C) groups is 1. The van der Waals surface area contributed by atoms with Gasteiger partial charge < -0.3 is 57.5 Å². The van der Waals surface area contributed by atoms with Gasteiger partial charge in [0.2, 0.25) is 29.5 Å². The number of methoxy groups -OCH3 is 1. The molecular weight excluding hydrogens is 843 g/mol. The fourth-order valence-corrected chi connectivity index (χ4v) is 8.38. The summed E-state index contributed by atoms with van der Waals surface area (Å²) in [5, 5.41) is 23.2. The van der Waals surface area contributed by atoms with Crippen LogP contribution in [0.1, 0.15) is 88.2 Å². The molecule has 1 aliphatic carbocycles. The number of carboxylic acids is 1. The number of carbonyl (C=O) groups is 8. The topological polar surface area (TPSA) is 303 Å². The number of nitrogens with one attached hydrogen (secondary N) is 5. The van der Waals surface area contributed by atoms with Gasteiger partial charge in [0.05, 0.1) is 7.11 Å². The van der Waals surface area contributed by atoms with Crippen molar-refractivity contribution in [3.63, 3.8) is 0 Å². The Hall–Kier alpha value is -6.99. The summed E-state index contributed by atoms with van der Waals surface area (Å²) in [6, 6.07) is 8.44. The summed E-state index contributed by atoms with van der Waals surface area (Å²) in [5.41, 5.74) is 15.0. The lowest BCUT2D eigenvalue weighted by atomic mass is 9.98. The number of carboxylic acid groups (broad SMARTS) is 1. The number of hydrogen-bond acceptors (Lipinski definition) is 11. The maximum atomic E-state index is 14.4. The number of aliphatic carboxylic acids is 1. The van der Waals surface area contributed by atoms with Crippen molar-refractivity contribution < 1.29 is 52.9 Å². The number of guanidine groups is 1. The van der Waals surface area contributed by atoms with Gasteiger partial charge in [0, 0.05) is 25.9 Å². The van der Waals surface area contributed by atoms with E-state index in [4.69, 9.17) is 20.9 Å². The third-order valence-corrected chi connectivity index (χ3v) is 11.6. The molecule has 2 heterocycles. The molecule has 5 rings (SSSR count). The molecule has 10 N–H and O–H groups in total. The van der Waals surface area contributed by atoms with Gasteiger partial charge in [-0.3, -0.25) is 29.0 Å². The SMILES string of the molecule is COC(=O)[C@H](C/C=C/C[C@@H]1NC(=O)C2CCCN2C(=O)[C@@H](NC(=O)OCC2c3ccccc3-c3ccccc32)CCCC[C@@H](C(=O)O)NC(=O)[C@H](CCCN=C(N)N)NC1=O)NC(C)=O. The Balaban J connectivity index is 1.39. The van der Waals surface area contributed by atoms with Gasteiger partial charge >= 0.3 is 18.0 Å². The quantitative estimate of drug-likeness (QED) is 0.0433. The van der Waals surface area contributed by atoms with Crippen LogP contribution < -0.4 is 38.1 Å². The molecule has 3 aliphatic rings. The maximum Gasteiger partial charge on any atom is 0.407 e. The van der Waals surface area contributed by atoms with Crippen molar-refractivity contribution >= 4 is 53.5 Å². The second-order valence-electron chi connectivity index (χ2n) is 16.2. The van der Waals surface area contributed by atoms with E-state index in [1.807, 2.05) is 48.5 Å². The van der Waals surface area contributed by atoms with Crippen LogP contribution in [-0.2, 0) is 43.0 Å². The summed E-state index contributed by atoms with van der Waals surface area (Å²) in [6.07, 6.45) is 3.32. The zero-order chi connectivity index (χ0) is 47.0. The minimum atomic E-state index is -1.38. The molecule has 0 spiro atoms. The summed E-state index contributed by atoms with van der Waals surface area (Å²) in [5.74, 6) is -5.78. The molecule has 2 aliphatic heterocycles. The Bertz CT molecular complexity index is 2100. The molecule has 2 aromatic carbocycles. The number of amides is 6. The van der Waals surface area contributed by atoms with Crippen molar-refractivity contribution in [1.29, 1.82) is 0 Å². The fraction of sp³-hybridized carbons (Fsp3) is 0.489. The van der Waals surface area contributed by atoms with E-state index in [0.717, 1.165) is 22.3 Å². The van der Waals surface area contributed by atoms with Crippen LogP contribution in [0.15, 0.2) is 65.7 Å². The Morgan fingerprint density at radius 2 is 1.52 bits per heavy atom. The average molecular weight is 902 g/mol. The predicted octanol–water partition coefficient (Wildman–Crippen LogP) is 1.07. The van der Waals surface area contributed by atoms with Crippen LogP contribution in [0.4, 0.5) is 4.79 Å². The van der Waals surface area contributed by atoms with E-state index in [-0.39, 0.29) is 89.4 Å². The van der Waals surface area contributed by atoms with Gasteiger partial charge in [-0.25, -0.2) is 14.4 Å². The van der Waals surface area contributed by atoms with Crippen molar-refractivity contribution in [2.45, 2.75) is 113 Å². The van der Waals surface area contributed by atoms with Crippen LogP contribution in [0.5, 0.6) is 0 Å². The Kier molecular flexibility index (Phi) is 17.8. The third kappa shape index (κ3) is 13.5. The number of hydrogen-bond donors (Lipinski definition) is 8. The second kappa shape index (κ2) is 23.6. The Morgan fingerprint density at radius 1 is 0.877 bits per heavy atom. The minimum Gasteiger partial charge on any atom is -0.480 e. The molecule has 2 fully saturated rings. The Morgan fingerprint density at radius 3 is 2.17 bits per heavy atom. The molecule has 6 amide bonds. The van der Waals surface area contributed by atoms with Crippen LogP contribution in [-0.4, -0.2) is 127 Å². The molecule has 20 heteroatoms. The van der Waals surface area contributed by atoms with Crippen molar-refractivity contribution in [2.75, 3.05) is 26.8 Å². The van der Waals surface area contributed by atoms with E-state index in [2.05, 4.69) is 31.6 Å². The zero-order valence-electron chi connectivity index (χ0n) is 36.6. The largest absolute Gasteiger partial charge is 0.480 e. The molecule has 1 unspecified atom stereocenters. The molecule has 350 valence electrons. The van der Waals surface area contributed by atoms with E-state index in [1.54, 1.807) is 0 Å². The lowest BCUT2D eigenvalue weighted by molar-refractivity contribution is -0.144. The van der Waals surface area contributed by atoms with Crippen LogP contribution in [0.25, 0.3) is 11.1 Å². The van der Waals surface area contributed by atoms with Crippen LogP contribution in [0.3, 0.4) is 0 Å². The molecule has 0 radical (unpaired) electrons. The summed E-state index contributed by atoms with van der Waals surface area (Å²) < 4.78 is 10.6. The van der Waals surface area contributed by atoms with Gasteiger partial charge in [0.1, 0.15) is 42.9 Å². The van der Waals surface area contributed by atoms with Crippen LogP contribution >= 0.6 is 0 Å². The van der Waals surface area contributed by atoms with Crippen molar-refractivity contribution in [2.24, 2.45) is 16.5 Å². The third-order valence-electron chi connectivity index (χ3n) is 11.6. The first kappa shape index (κ1) is 49.0. The van der Waals surface area contributed by atoms with Crippen LogP contribution in [0, 0.1) is 0 Å². The van der Waals surface area contributed by atoms with Gasteiger partial charge in [-0.2, -0.15) is 0 Å². The summed E-state index contributed by atoms with van der Waals surface area (Å²) in [6.45, 7) is 1.49. The van der Waals surface area contributed by atoms with Crippen LogP contribution in [0.2, 0.25) is 0 Å². The molecule has 2 aromatic rings. The first-order valence-electron chi connectivity index (χ1n) is 21.8. The highest BCUT2D eigenvalue weighted by atomic mass is 16.5. The number of esters is 1. The van der Waals surface area contributed by atoms with Crippen molar-refractivity contribution in [3.8, 4) is 11.1 Å². The number of fused-ring (bicyclic) bond motifs is 4. The van der Waals surface area contributed by atoms with Gasteiger partial charge in [-0.05, 0) is 73.6 Å². The first-order chi connectivity index (χ1) is 31.2. The summed E-state index contributed by atoms with van der Waals surface area (Å²) >= 11 is 0. The molecule has 20 nitrogen and oxygen atoms in total. The smallest absolute Gasteiger partial charge is 0.407 e.